The summed E-state index contributed by atoms with van der Waals surface area (Å²) in [6.07, 6.45) is 0. The maximum Gasteiger partial charge on any atom is 0.225 e. The van der Waals surface area contributed by atoms with Crippen LogP contribution < -0.4 is 11.1 Å². The molecule has 0 amide bonds. The van der Waals surface area contributed by atoms with Crippen LogP contribution in [0, 0.1) is 0 Å². The number of aromatic nitrogens is 4. The standard InChI is InChI=1S/C15H17ClN6/c1-8(2)18-15-19-12(9-4-6-10(16)7-5-9)11-13(17)22(3)21-14(11)20-15/h4-8H,17H2,1-3H3,(H,18,20,21). The summed E-state index contributed by atoms with van der Waals surface area (Å²) >= 11 is 5.97. The molecule has 0 saturated carbocycles. The molecule has 6 nitrogen and oxygen atoms in total. The number of fused-ring (bicyclic) bond motifs is 1. The first kappa shape index (κ1) is 14.6. The van der Waals surface area contributed by atoms with Crippen LogP contribution in [0.1, 0.15) is 13.8 Å². The van der Waals surface area contributed by atoms with Crippen molar-refractivity contribution in [3.05, 3.63) is 29.3 Å². The Kier molecular flexibility index (Phi) is 3.62. The summed E-state index contributed by atoms with van der Waals surface area (Å²) in [5, 5.41) is 8.99. The average molecular weight is 317 g/mol. The van der Waals surface area contributed by atoms with Crippen molar-refractivity contribution in [2.24, 2.45) is 7.05 Å². The van der Waals surface area contributed by atoms with Crippen LogP contribution in [0.4, 0.5) is 11.8 Å². The summed E-state index contributed by atoms with van der Waals surface area (Å²) < 4.78 is 1.61. The molecule has 0 radical (unpaired) electrons. The normalized spacial score (nSPS) is 11.3. The van der Waals surface area contributed by atoms with E-state index in [-0.39, 0.29) is 6.04 Å². The Morgan fingerprint density at radius 2 is 1.86 bits per heavy atom. The van der Waals surface area contributed by atoms with Crippen LogP contribution in [-0.4, -0.2) is 25.8 Å². The van der Waals surface area contributed by atoms with Gasteiger partial charge in [0.2, 0.25) is 5.95 Å². The SMILES string of the molecule is CC(C)Nc1nc(-c2ccc(Cl)cc2)c2c(N)n(C)nc2n1. The Bertz CT molecular complexity index is 822. The van der Waals surface area contributed by atoms with Crippen molar-refractivity contribution in [2.45, 2.75) is 19.9 Å². The predicted octanol–water partition coefficient (Wildman–Crippen LogP) is 3.09. The van der Waals surface area contributed by atoms with Crippen LogP contribution in [0.2, 0.25) is 5.02 Å². The molecule has 0 fully saturated rings. The van der Waals surface area contributed by atoms with Gasteiger partial charge in [-0.25, -0.2) is 4.98 Å². The Morgan fingerprint density at radius 3 is 2.50 bits per heavy atom. The molecule has 0 atom stereocenters. The minimum absolute atomic E-state index is 0.219. The third-order valence-corrected chi connectivity index (χ3v) is 3.53. The van der Waals surface area contributed by atoms with Gasteiger partial charge < -0.3 is 11.1 Å². The van der Waals surface area contributed by atoms with Crippen molar-refractivity contribution in [1.29, 1.82) is 0 Å². The molecule has 2 aromatic heterocycles. The number of halogens is 1. The first-order chi connectivity index (χ1) is 10.5. The molecule has 0 aliphatic carbocycles. The van der Waals surface area contributed by atoms with Gasteiger partial charge in [0, 0.05) is 23.7 Å². The number of nitrogen functional groups attached to an aromatic ring is 1. The molecule has 0 bridgehead atoms. The van der Waals surface area contributed by atoms with Gasteiger partial charge in [0.15, 0.2) is 5.65 Å². The van der Waals surface area contributed by atoms with Crippen molar-refractivity contribution in [1.82, 2.24) is 19.7 Å². The van der Waals surface area contributed by atoms with E-state index in [4.69, 9.17) is 17.3 Å². The molecule has 3 N–H and O–H groups in total. The summed E-state index contributed by atoms with van der Waals surface area (Å²) in [6.45, 7) is 4.06. The zero-order chi connectivity index (χ0) is 15.9. The summed E-state index contributed by atoms with van der Waals surface area (Å²) in [4.78, 5) is 9.06. The second-order valence-electron chi connectivity index (χ2n) is 5.41. The molecule has 0 saturated heterocycles. The van der Waals surface area contributed by atoms with E-state index in [0.29, 0.717) is 22.4 Å². The molecule has 22 heavy (non-hydrogen) atoms. The fourth-order valence-corrected chi connectivity index (χ4v) is 2.38. The summed E-state index contributed by atoms with van der Waals surface area (Å²) in [5.41, 5.74) is 8.37. The lowest BCUT2D eigenvalue weighted by Crippen LogP contribution is -2.13. The van der Waals surface area contributed by atoms with Crippen molar-refractivity contribution in [3.8, 4) is 11.3 Å². The molecule has 7 heteroatoms. The maximum absolute atomic E-state index is 6.13. The van der Waals surface area contributed by atoms with Crippen molar-refractivity contribution in [3.63, 3.8) is 0 Å². The lowest BCUT2D eigenvalue weighted by molar-refractivity contribution is 0.786. The zero-order valence-electron chi connectivity index (χ0n) is 12.6. The van der Waals surface area contributed by atoms with Gasteiger partial charge in [0.25, 0.3) is 0 Å². The molecule has 1 aromatic carbocycles. The number of hydrogen-bond acceptors (Lipinski definition) is 5. The van der Waals surface area contributed by atoms with Crippen LogP contribution in [-0.2, 0) is 7.05 Å². The Hall–Kier alpha value is -2.34. The third-order valence-electron chi connectivity index (χ3n) is 3.27. The smallest absolute Gasteiger partial charge is 0.225 e. The summed E-state index contributed by atoms with van der Waals surface area (Å²) in [6, 6.07) is 7.70. The number of nitrogens with one attached hydrogen (secondary N) is 1. The van der Waals surface area contributed by atoms with Crippen LogP contribution in [0.25, 0.3) is 22.3 Å². The fraction of sp³-hybridized carbons (Fsp3) is 0.267. The molecule has 3 rings (SSSR count). The highest BCUT2D eigenvalue weighted by molar-refractivity contribution is 6.30. The molecule has 2 heterocycles. The van der Waals surface area contributed by atoms with E-state index in [1.165, 1.54) is 0 Å². The Labute approximate surface area is 133 Å². The highest BCUT2D eigenvalue weighted by Gasteiger charge is 2.17. The highest BCUT2D eigenvalue weighted by Crippen LogP contribution is 2.31. The fourth-order valence-electron chi connectivity index (χ4n) is 2.25. The minimum Gasteiger partial charge on any atom is -0.383 e. The Morgan fingerprint density at radius 1 is 1.18 bits per heavy atom. The van der Waals surface area contributed by atoms with Gasteiger partial charge in [-0.05, 0) is 26.0 Å². The molecule has 0 aliphatic rings. The van der Waals surface area contributed by atoms with Gasteiger partial charge >= 0.3 is 0 Å². The van der Waals surface area contributed by atoms with Crippen molar-refractivity contribution >= 4 is 34.4 Å². The quantitative estimate of drug-likeness (QED) is 0.776. The van der Waals surface area contributed by atoms with Crippen LogP contribution in [0.3, 0.4) is 0 Å². The van der Waals surface area contributed by atoms with E-state index < -0.39 is 0 Å². The van der Waals surface area contributed by atoms with Gasteiger partial charge in [-0.15, -0.1) is 0 Å². The van der Waals surface area contributed by atoms with E-state index >= 15 is 0 Å². The number of aryl methyl sites for hydroxylation is 1. The van der Waals surface area contributed by atoms with E-state index in [9.17, 15) is 0 Å². The molecule has 114 valence electrons. The predicted molar refractivity (Wildman–Crippen MR) is 89.9 cm³/mol. The summed E-state index contributed by atoms with van der Waals surface area (Å²) in [7, 11) is 1.79. The molecule has 3 aromatic rings. The monoisotopic (exact) mass is 316 g/mol. The minimum atomic E-state index is 0.219. The van der Waals surface area contributed by atoms with Gasteiger partial charge in [-0.3, -0.25) is 4.68 Å². The van der Waals surface area contributed by atoms with E-state index in [2.05, 4.69) is 20.4 Å². The summed E-state index contributed by atoms with van der Waals surface area (Å²) in [5.74, 6) is 1.07. The number of benzene rings is 1. The van der Waals surface area contributed by atoms with E-state index in [1.807, 2.05) is 38.1 Å². The van der Waals surface area contributed by atoms with Gasteiger partial charge in [0.1, 0.15) is 5.82 Å². The number of hydrogen-bond donors (Lipinski definition) is 2. The first-order valence-electron chi connectivity index (χ1n) is 6.98. The number of nitrogens with zero attached hydrogens (tertiary/aromatic N) is 4. The van der Waals surface area contributed by atoms with Crippen molar-refractivity contribution in [2.75, 3.05) is 11.1 Å². The molecular weight excluding hydrogens is 300 g/mol. The lowest BCUT2D eigenvalue weighted by atomic mass is 10.1. The largest absolute Gasteiger partial charge is 0.383 e. The molecule has 0 unspecified atom stereocenters. The number of anilines is 2. The van der Waals surface area contributed by atoms with Crippen molar-refractivity contribution < 1.29 is 0 Å². The van der Waals surface area contributed by atoms with E-state index in [0.717, 1.165) is 16.6 Å². The van der Waals surface area contributed by atoms with Gasteiger partial charge in [-0.2, -0.15) is 10.1 Å². The topological polar surface area (TPSA) is 81.6 Å². The van der Waals surface area contributed by atoms with Crippen LogP contribution >= 0.6 is 11.6 Å². The average Bonchev–Trinajstić information content (AvgIpc) is 2.73. The molecule has 0 aliphatic heterocycles. The Balaban J connectivity index is 2.27. The molecular formula is C15H17ClN6. The maximum atomic E-state index is 6.13. The van der Waals surface area contributed by atoms with Crippen LogP contribution in [0.5, 0.6) is 0 Å². The zero-order valence-corrected chi connectivity index (χ0v) is 13.4. The first-order valence-corrected chi connectivity index (χ1v) is 7.36. The highest BCUT2D eigenvalue weighted by atomic mass is 35.5. The second kappa shape index (κ2) is 5.46. The lowest BCUT2D eigenvalue weighted by Gasteiger charge is -2.10. The van der Waals surface area contributed by atoms with Gasteiger partial charge in [-0.1, -0.05) is 23.7 Å². The number of nitrogens with two attached hydrogens (primary N) is 1. The van der Waals surface area contributed by atoms with Gasteiger partial charge in [0.05, 0.1) is 11.1 Å². The molecule has 0 spiro atoms. The second-order valence-corrected chi connectivity index (χ2v) is 5.85. The number of rotatable bonds is 3. The van der Waals surface area contributed by atoms with E-state index in [1.54, 1.807) is 11.7 Å². The van der Waals surface area contributed by atoms with Crippen LogP contribution in [0.15, 0.2) is 24.3 Å². The third kappa shape index (κ3) is 2.57.